The van der Waals surface area contributed by atoms with E-state index in [1.807, 2.05) is 32.0 Å². The van der Waals surface area contributed by atoms with Gasteiger partial charge in [0, 0.05) is 0 Å². The normalized spacial score (nSPS) is 12.0. The van der Waals surface area contributed by atoms with Gasteiger partial charge in [0.15, 0.2) is 0 Å². The van der Waals surface area contributed by atoms with E-state index >= 15 is 0 Å². The second-order valence-electron chi connectivity index (χ2n) is 3.55. The lowest BCUT2D eigenvalue weighted by atomic mass is 10.1. The Bertz CT molecular complexity index is 377. The van der Waals surface area contributed by atoms with Crippen molar-refractivity contribution >= 4 is 21.9 Å². The Morgan fingerprint density at radius 1 is 1.38 bits per heavy atom. The van der Waals surface area contributed by atoms with Crippen molar-refractivity contribution in [1.82, 2.24) is 0 Å². The molecule has 0 aliphatic rings. The van der Waals surface area contributed by atoms with Gasteiger partial charge in [-0.3, -0.25) is 4.79 Å². The number of benzene rings is 1. The molecule has 0 aliphatic heterocycles. The second kappa shape index (κ2) is 5.89. The topological polar surface area (TPSA) is 35.5 Å². The van der Waals surface area contributed by atoms with E-state index in [1.54, 1.807) is 0 Å². The zero-order valence-electron chi connectivity index (χ0n) is 9.62. The van der Waals surface area contributed by atoms with Crippen LogP contribution in [-0.2, 0) is 9.53 Å². The van der Waals surface area contributed by atoms with Gasteiger partial charge in [-0.1, -0.05) is 22.0 Å². The summed E-state index contributed by atoms with van der Waals surface area (Å²) in [5.41, 5.74) is 2.39. The summed E-state index contributed by atoms with van der Waals surface area (Å²) in [5, 5.41) is 0. The zero-order chi connectivity index (χ0) is 12.1. The first-order valence-corrected chi connectivity index (χ1v) is 5.88. The van der Waals surface area contributed by atoms with Gasteiger partial charge in [0.05, 0.1) is 7.11 Å². The largest absolute Gasteiger partial charge is 0.492 e. The van der Waals surface area contributed by atoms with Gasteiger partial charge in [-0.05, 0) is 37.1 Å². The van der Waals surface area contributed by atoms with Crippen LogP contribution in [0, 0.1) is 13.8 Å². The lowest BCUT2D eigenvalue weighted by Gasteiger charge is -2.11. The Labute approximate surface area is 104 Å². The Hall–Kier alpha value is -1.03. The van der Waals surface area contributed by atoms with Gasteiger partial charge in [-0.2, -0.15) is 0 Å². The quantitative estimate of drug-likeness (QED) is 0.631. The van der Waals surface area contributed by atoms with Crippen molar-refractivity contribution in [2.24, 2.45) is 0 Å². The first-order chi connectivity index (χ1) is 7.54. The number of rotatable bonds is 4. The van der Waals surface area contributed by atoms with Crippen molar-refractivity contribution in [3.63, 3.8) is 0 Å². The molecule has 0 spiro atoms. The predicted molar refractivity (Wildman–Crippen MR) is 66.1 cm³/mol. The molecule has 0 aromatic heterocycles. The number of carbonyl (C=O) groups is 1. The van der Waals surface area contributed by atoms with E-state index in [-0.39, 0.29) is 12.6 Å². The number of carbonyl (C=O) groups excluding carboxylic acids is 1. The van der Waals surface area contributed by atoms with Crippen LogP contribution in [0.2, 0.25) is 0 Å². The minimum atomic E-state index is -0.431. The van der Waals surface area contributed by atoms with Gasteiger partial charge in [-0.25, -0.2) is 0 Å². The average Bonchev–Trinajstić information content (AvgIpc) is 2.29. The van der Waals surface area contributed by atoms with Crippen molar-refractivity contribution in [2.75, 3.05) is 13.7 Å². The molecule has 1 aromatic carbocycles. The van der Waals surface area contributed by atoms with E-state index in [2.05, 4.69) is 20.7 Å². The van der Waals surface area contributed by atoms with E-state index in [1.165, 1.54) is 18.2 Å². The number of alkyl halides is 1. The van der Waals surface area contributed by atoms with E-state index in [9.17, 15) is 4.79 Å². The molecule has 0 bridgehead atoms. The summed E-state index contributed by atoms with van der Waals surface area (Å²) in [6, 6.07) is 5.83. The molecule has 16 heavy (non-hydrogen) atoms. The van der Waals surface area contributed by atoms with Gasteiger partial charge in [0.2, 0.25) is 0 Å². The lowest BCUT2D eigenvalue weighted by molar-refractivity contribution is -0.140. The molecule has 1 atom stereocenters. The minimum Gasteiger partial charge on any atom is -0.492 e. The third-order valence-electron chi connectivity index (χ3n) is 2.33. The highest BCUT2D eigenvalue weighted by molar-refractivity contribution is 9.10. The molecule has 0 heterocycles. The number of esters is 1. The van der Waals surface area contributed by atoms with Crippen molar-refractivity contribution in [3.05, 3.63) is 29.3 Å². The summed E-state index contributed by atoms with van der Waals surface area (Å²) < 4.78 is 10.1. The summed E-state index contributed by atoms with van der Waals surface area (Å²) in [6.07, 6.45) is 0. The van der Waals surface area contributed by atoms with E-state index in [4.69, 9.17) is 4.74 Å². The number of ether oxygens (including phenoxy) is 2. The van der Waals surface area contributed by atoms with Gasteiger partial charge in [0.1, 0.15) is 17.2 Å². The fraction of sp³-hybridized carbons (Fsp3) is 0.417. The SMILES string of the molecule is COC(=O)C(Br)COc1ccc(C)c(C)c1. The first kappa shape index (κ1) is 13.0. The third kappa shape index (κ3) is 3.52. The highest BCUT2D eigenvalue weighted by Crippen LogP contribution is 2.17. The van der Waals surface area contributed by atoms with E-state index in [0.717, 1.165) is 5.75 Å². The number of hydrogen-bond donors (Lipinski definition) is 0. The van der Waals surface area contributed by atoms with Gasteiger partial charge >= 0.3 is 5.97 Å². The first-order valence-electron chi connectivity index (χ1n) is 4.96. The number of hydrogen-bond acceptors (Lipinski definition) is 3. The maximum atomic E-state index is 11.1. The summed E-state index contributed by atoms with van der Waals surface area (Å²) >= 11 is 3.19. The lowest BCUT2D eigenvalue weighted by Crippen LogP contribution is -2.22. The van der Waals surface area contributed by atoms with Crippen LogP contribution >= 0.6 is 15.9 Å². The van der Waals surface area contributed by atoms with Gasteiger partial charge < -0.3 is 9.47 Å². The number of aryl methyl sites for hydroxylation is 2. The molecule has 4 heteroatoms. The molecule has 1 unspecified atom stereocenters. The molecule has 0 fully saturated rings. The molecule has 0 N–H and O–H groups in total. The zero-order valence-corrected chi connectivity index (χ0v) is 11.2. The molecule has 1 aromatic rings. The maximum Gasteiger partial charge on any atom is 0.322 e. The fourth-order valence-electron chi connectivity index (χ4n) is 1.17. The van der Waals surface area contributed by atoms with E-state index < -0.39 is 4.83 Å². The van der Waals surface area contributed by atoms with Crippen LogP contribution < -0.4 is 4.74 Å². The number of halogens is 1. The third-order valence-corrected chi connectivity index (χ3v) is 2.97. The molecule has 0 radical (unpaired) electrons. The monoisotopic (exact) mass is 286 g/mol. The van der Waals surface area contributed by atoms with Crippen molar-refractivity contribution in [2.45, 2.75) is 18.7 Å². The Morgan fingerprint density at radius 2 is 2.06 bits per heavy atom. The van der Waals surface area contributed by atoms with Crippen molar-refractivity contribution in [1.29, 1.82) is 0 Å². The molecule has 0 aliphatic carbocycles. The molecule has 88 valence electrons. The Balaban J connectivity index is 2.55. The highest BCUT2D eigenvalue weighted by Gasteiger charge is 2.15. The predicted octanol–water partition coefficient (Wildman–Crippen LogP) is 2.62. The molecule has 0 saturated carbocycles. The number of methoxy groups -OCH3 is 1. The molecule has 3 nitrogen and oxygen atoms in total. The molecule has 1 rings (SSSR count). The maximum absolute atomic E-state index is 11.1. The summed E-state index contributed by atoms with van der Waals surface area (Å²) in [5.74, 6) is 0.431. The van der Waals surface area contributed by atoms with Crippen LogP contribution in [0.3, 0.4) is 0 Å². The summed E-state index contributed by atoms with van der Waals surface area (Å²) in [6.45, 7) is 4.32. The van der Waals surface area contributed by atoms with Crippen LogP contribution in [0.5, 0.6) is 5.75 Å². The molecule has 0 amide bonds. The van der Waals surface area contributed by atoms with E-state index in [0.29, 0.717) is 0 Å². The van der Waals surface area contributed by atoms with Crippen LogP contribution in [0.25, 0.3) is 0 Å². The highest BCUT2D eigenvalue weighted by atomic mass is 79.9. The molecular weight excluding hydrogens is 272 g/mol. The Morgan fingerprint density at radius 3 is 2.62 bits per heavy atom. The molecular formula is C12H15BrO3. The van der Waals surface area contributed by atoms with Crippen LogP contribution in [0.4, 0.5) is 0 Å². The van der Waals surface area contributed by atoms with Crippen molar-refractivity contribution < 1.29 is 14.3 Å². The van der Waals surface area contributed by atoms with Crippen LogP contribution in [-0.4, -0.2) is 24.5 Å². The minimum absolute atomic E-state index is 0.259. The summed E-state index contributed by atoms with van der Waals surface area (Å²) in [4.78, 5) is 10.7. The average molecular weight is 287 g/mol. The van der Waals surface area contributed by atoms with Gasteiger partial charge in [0.25, 0.3) is 0 Å². The standard InChI is InChI=1S/C12H15BrO3/c1-8-4-5-10(6-9(8)2)16-7-11(13)12(14)15-3/h4-6,11H,7H2,1-3H3. The fourth-order valence-corrected chi connectivity index (χ4v) is 1.49. The van der Waals surface area contributed by atoms with Crippen molar-refractivity contribution in [3.8, 4) is 5.75 Å². The van der Waals surface area contributed by atoms with Gasteiger partial charge in [-0.15, -0.1) is 0 Å². The van der Waals surface area contributed by atoms with Crippen LogP contribution in [0.15, 0.2) is 18.2 Å². The Kier molecular flexibility index (Phi) is 4.80. The summed E-state index contributed by atoms with van der Waals surface area (Å²) in [7, 11) is 1.35. The second-order valence-corrected chi connectivity index (χ2v) is 4.65. The van der Waals surface area contributed by atoms with Crippen LogP contribution in [0.1, 0.15) is 11.1 Å². The molecule has 0 saturated heterocycles. The smallest absolute Gasteiger partial charge is 0.322 e.